The molecule has 0 amide bonds. The second-order valence-corrected chi connectivity index (χ2v) is 34.1. The van der Waals surface area contributed by atoms with Crippen LogP contribution in [0, 0.1) is 0 Å². The van der Waals surface area contributed by atoms with Gasteiger partial charge in [-0.2, -0.15) is 0 Å². The van der Waals surface area contributed by atoms with E-state index in [4.69, 9.17) is 17.7 Å². The quantitative estimate of drug-likeness (QED) is 0.0628. The van der Waals surface area contributed by atoms with Gasteiger partial charge in [-0.25, -0.2) is 0 Å². The van der Waals surface area contributed by atoms with Crippen molar-refractivity contribution in [2.24, 2.45) is 0 Å². The number of nitrogens with zero attached hydrogens (tertiary/aromatic N) is 4. The average Bonchev–Trinajstić information content (AvgIpc) is 1.58. The number of rotatable bonds is 23. The van der Waals surface area contributed by atoms with Crippen LogP contribution in [0.2, 0.25) is 0 Å². The molecule has 0 saturated carbocycles. The highest BCUT2D eigenvalue weighted by Crippen LogP contribution is 2.52. The van der Waals surface area contributed by atoms with E-state index in [0.29, 0.717) is 0 Å². The lowest BCUT2D eigenvalue weighted by Gasteiger charge is -2.27. The van der Waals surface area contributed by atoms with Crippen LogP contribution >= 0.6 is 0 Å². The van der Waals surface area contributed by atoms with Crippen molar-refractivity contribution in [1.82, 2.24) is 0 Å². The summed E-state index contributed by atoms with van der Waals surface area (Å²) in [6, 6.07) is 185. The van der Waals surface area contributed by atoms with Crippen molar-refractivity contribution >= 4 is 112 Å². The van der Waals surface area contributed by atoms with Crippen molar-refractivity contribution in [3.63, 3.8) is 0 Å². The van der Waals surface area contributed by atoms with Crippen LogP contribution in [-0.2, 0) is 0 Å². The van der Waals surface area contributed by atoms with Gasteiger partial charge in [0.2, 0.25) is 0 Å². The Bertz CT molecular complexity index is 8380. The Morgan fingerprint density at radius 2 is 0.309 bits per heavy atom. The van der Waals surface area contributed by atoms with Crippen LogP contribution in [0.4, 0.5) is 68.2 Å². The van der Waals surface area contributed by atoms with Crippen molar-refractivity contribution in [3.8, 4) is 123 Å². The SMILES string of the molecule is c1ccc(-c2oc3ccccc3c2-c2ccc(N(c3ccccc3)c3ccc(-c4ccc(N(c5ccccc5)c5ccc(-c6c(-c7ccccc7-c7cccc(N(c8ccc(-c9ccc(N(c%10ccccc%10)c%10ccc(-c%11oc%12ccccc%12c%11-c%11ccccc%11)cc%10)cc9)cc8)c8ccc(-c9oc%10ccccc%10c9-c9ccccc9)cc8)c7)oc7ccccc67)cc5)cc4)cc3)cc2)cc1. The zero-order chi connectivity index (χ0) is 90.2. The van der Waals surface area contributed by atoms with E-state index in [0.717, 1.165) is 235 Å². The van der Waals surface area contributed by atoms with E-state index in [1.54, 1.807) is 0 Å². The maximum Gasteiger partial charge on any atom is 0.143 e. The maximum atomic E-state index is 7.19. The first-order valence-corrected chi connectivity index (χ1v) is 46.1. The predicted molar refractivity (Wildman–Crippen MR) is 564 cm³/mol. The van der Waals surface area contributed by atoms with Crippen LogP contribution in [0.1, 0.15) is 0 Å². The smallest absolute Gasteiger partial charge is 0.143 e. The summed E-state index contributed by atoms with van der Waals surface area (Å²) in [7, 11) is 0. The second kappa shape index (κ2) is 35.6. The number of furan rings is 4. The molecule has 8 nitrogen and oxygen atoms in total. The van der Waals surface area contributed by atoms with Gasteiger partial charge in [0.05, 0.1) is 0 Å². The zero-order valence-electron chi connectivity index (χ0n) is 74.1. The molecule has 4 heterocycles. The Labute approximate surface area is 788 Å². The molecule has 0 bridgehead atoms. The Balaban J connectivity index is 0.536. The highest BCUT2D eigenvalue weighted by Gasteiger charge is 2.28. The second-order valence-electron chi connectivity index (χ2n) is 34.1. The first-order chi connectivity index (χ1) is 67.4. The zero-order valence-corrected chi connectivity index (χ0v) is 74.1. The number of anilines is 12. The summed E-state index contributed by atoms with van der Waals surface area (Å²) in [5, 5.41) is 4.27. The van der Waals surface area contributed by atoms with Crippen molar-refractivity contribution < 1.29 is 17.7 Å². The van der Waals surface area contributed by atoms with E-state index < -0.39 is 0 Å². The molecule has 0 aliphatic rings. The Morgan fingerprint density at radius 3 is 0.618 bits per heavy atom. The molecule has 24 aromatic rings. The molecule has 0 aliphatic carbocycles. The fraction of sp³-hybridized carbons (Fsp3) is 0. The van der Waals surface area contributed by atoms with Gasteiger partial charge < -0.3 is 37.3 Å². The lowest BCUT2D eigenvalue weighted by atomic mass is 9.92. The third-order valence-electron chi connectivity index (χ3n) is 25.9. The summed E-state index contributed by atoms with van der Waals surface area (Å²) >= 11 is 0. The van der Waals surface area contributed by atoms with Gasteiger partial charge in [-0.3, -0.25) is 0 Å². The molecule has 24 rings (SSSR count). The van der Waals surface area contributed by atoms with Crippen LogP contribution < -0.4 is 19.6 Å². The standard InChI is InChI=1S/C128H86N4O4/c1-7-30-91(31-8-1)121-113-46-21-25-50-117(113)134-126(121)96-66-82-107(83-67-96)131(101-41-17-6-18-42-101)104-74-58-89(59-75-104)90-60-76-108(77-61-90)132(109-84-68-97(69-85-109)127-122(92-32-9-2-10-33-92)114-47-22-26-51-118(114)135-127)110-43-29-36-98(86-110)111-44-19-20-45-112(111)128-124(116-49-24-28-53-120(116)136-128)94-64-80-106(81-65-94)130(100-39-15-5-16-40-100)103-72-56-88(57-73-103)87-54-70-102(71-55-87)129(99-37-13-4-14-38-99)105-78-62-93(63-79-105)123-115-48-23-27-52-119(115)133-125(123)95-34-11-3-12-35-95/h1-86H. The molecular formula is C128H86N4O4. The molecule has 0 N–H and O–H groups in total. The summed E-state index contributed by atoms with van der Waals surface area (Å²) in [4.78, 5) is 9.31. The van der Waals surface area contributed by atoms with Gasteiger partial charge in [0, 0.05) is 134 Å². The Hall–Kier alpha value is -18.2. The molecular weight excluding hydrogens is 1660 g/mol. The van der Waals surface area contributed by atoms with Gasteiger partial charge in [-0.1, -0.05) is 328 Å². The number of hydrogen-bond acceptors (Lipinski definition) is 8. The summed E-state index contributed by atoms with van der Waals surface area (Å²) in [6.45, 7) is 0. The van der Waals surface area contributed by atoms with E-state index in [2.05, 4.69) is 505 Å². The Morgan fingerprint density at radius 1 is 0.118 bits per heavy atom. The first kappa shape index (κ1) is 81.0. The summed E-state index contributed by atoms with van der Waals surface area (Å²) < 4.78 is 27.3. The van der Waals surface area contributed by atoms with E-state index >= 15 is 0 Å². The van der Waals surface area contributed by atoms with Gasteiger partial charge in [-0.05, 0) is 250 Å². The largest absolute Gasteiger partial charge is 0.455 e. The summed E-state index contributed by atoms with van der Waals surface area (Å²) in [6.07, 6.45) is 0. The van der Waals surface area contributed by atoms with Crippen molar-refractivity contribution in [3.05, 3.63) is 522 Å². The highest BCUT2D eigenvalue weighted by molar-refractivity contribution is 6.07. The number of para-hydroxylation sites is 7. The highest BCUT2D eigenvalue weighted by atomic mass is 16.3. The number of fused-ring (bicyclic) bond motifs is 4. The fourth-order valence-corrected chi connectivity index (χ4v) is 19.5. The van der Waals surface area contributed by atoms with Crippen LogP contribution in [-0.4, -0.2) is 0 Å². The van der Waals surface area contributed by atoms with E-state index in [1.165, 1.54) is 0 Å². The van der Waals surface area contributed by atoms with Crippen LogP contribution in [0.25, 0.3) is 167 Å². The molecule has 0 saturated heterocycles. The molecule has 0 aliphatic heterocycles. The molecule has 642 valence electrons. The van der Waals surface area contributed by atoms with Crippen LogP contribution in [0.15, 0.2) is 539 Å². The lowest BCUT2D eigenvalue weighted by molar-refractivity contribution is 0.632. The van der Waals surface area contributed by atoms with Crippen molar-refractivity contribution in [1.29, 1.82) is 0 Å². The van der Waals surface area contributed by atoms with E-state index in [-0.39, 0.29) is 0 Å². The summed E-state index contributed by atoms with van der Waals surface area (Å²) in [5.41, 5.74) is 34.7. The molecule has 8 heteroatoms. The van der Waals surface area contributed by atoms with Crippen LogP contribution in [0.3, 0.4) is 0 Å². The lowest BCUT2D eigenvalue weighted by Crippen LogP contribution is -2.10. The molecule has 0 fully saturated rings. The van der Waals surface area contributed by atoms with Crippen LogP contribution in [0.5, 0.6) is 0 Å². The molecule has 0 spiro atoms. The van der Waals surface area contributed by atoms with Crippen molar-refractivity contribution in [2.45, 2.75) is 0 Å². The van der Waals surface area contributed by atoms with E-state index in [9.17, 15) is 0 Å². The molecule has 0 atom stereocenters. The topological polar surface area (TPSA) is 65.5 Å². The fourth-order valence-electron chi connectivity index (χ4n) is 19.5. The predicted octanol–water partition coefficient (Wildman–Crippen LogP) is 36.9. The molecule has 0 radical (unpaired) electrons. The van der Waals surface area contributed by atoms with Gasteiger partial charge in [-0.15, -0.1) is 0 Å². The Kier molecular flexibility index (Phi) is 21.2. The minimum Gasteiger partial charge on any atom is -0.455 e. The third-order valence-corrected chi connectivity index (χ3v) is 25.9. The summed E-state index contributed by atoms with van der Waals surface area (Å²) in [5.74, 6) is 3.32. The molecule has 0 unspecified atom stereocenters. The van der Waals surface area contributed by atoms with Gasteiger partial charge in [0.15, 0.2) is 0 Å². The van der Waals surface area contributed by atoms with E-state index in [1.807, 2.05) is 36.4 Å². The van der Waals surface area contributed by atoms with Crippen molar-refractivity contribution in [2.75, 3.05) is 19.6 Å². The molecule has 4 aromatic heterocycles. The number of benzene rings is 20. The number of hydrogen-bond donors (Lipinski definition) is 0. The van der Waals surface area contributed by atoms with Gasteiger partial charge in [0.1, 0.15) is 45.4 Å². The molecule has 136 heavy (non-hydrogen) atoms. The maximum absolute atomic E-state index is 7.19. The normalized spacial score (nSPS) is 11.4. The van der Waals surface area contributed by atoms with Gasteiger partial charge in [0.25, 0.3) is 0 Å². The monoisotopic (exact) mass is 1740 g/mol. The van der Waals surface area contributed by atoms with Gasteiger partial charge >= 0.3 is 0 Å². The molecule has 20 aromatic carbocycles. The average molecular weight is 1740 g/mol. The minimum absolute atomic E-state index is 0.786. The minimum atomic E-state index is 0.786. The third kappa shape index (κ3) is 15.4. The first-order valence-electron chi connectivity index (χ1n) is 46.1.